The molecule has 2 heteroatoms. The zero-order chi connectivity index (χ0) is 12.1. The molecule has 1 aromatic carbocycles. The van der Waals surface area contributed by atoms with Gasteiger partial charge in [-0.15, -0.1) is 0 Å². The van der Waals surface area contributed by atoms with E-state index in [2.05, 4.69) is 45.0 Å². The number of aryl methyl sites for hydroxylation is 1. The monoisotopic (exact) mass is 216 g/mol. The number of nitrogens with zero attached hydrogens (tertiary/aromatic N) is 1. The Morgan fingerprint density at radius 1 is 1.38 bits per heavy atom. The van der Waals surface area contributed by atoms with Crippen molar-refractivity contribution in [3.63, 3.8) is 0 Å². The fraction of sp³-hybridized carbons (Fsp3) is 0.500. The van der Waals surface area contributed by atoms with Crippen LogP contribution >= 0.6 is 0 Å². The molecule has 0 bridgehead atoms. The highest BCUT2D eigenvalue weighted by Gasteiger charge is 2.10. The molecule has 0 spiro atoms. The molecule has 0 radical (unpaired) electrons. The molecular weight excluding hydrogens is 196 g/mol. The first kappa shape index (κ1) is 12.7. The first-order valence-electron chi connectivity index (χ1n) is 5.79. The van der Waals surface area contributed by atoms with Crippen LogP contribution in [0.5, 0.6) is 0 Å². The van der Waals surface area contributed by atoms with Crippen LogP contribution in [-0.2, 0) is 0 Å². The molecule has 1 rings (SSSR count). The molecule has 1 aromatic rings. The molecule has 16 heavy (non-hydrogen) atoms. The highest BCUT2D eigenvalue weighted by molar-refractivity contribution is 5.34. The van der Waals surface area contributed by atoms with Crippen LogP contribution in [0.1, 0.15) is 55.3 Å². The minimum absolute atomic E-state index is 0.0154. The van der Waals surface area contributed by atoms with Crippen molar-refractivity contribution in [2.24, 2.45) is 5.73 Å². The third-order valence-corrected chi connectivity index (χ3v) is 2.94. The van der Waals surface area contributed by atoms with Gasteiger partial charge in [0.05, 0.1) is 6.07 Å². The molecule has 0 saturated carbocycles. The van der Waals surface area contributed by atoms with Crippen LogP contribution < -0.4 is 5.73 Å². The van der Waals surface area contributed by atoms with E-state index in [4.69, 9.17) is 11.0 Å². The molecule has 1 atom stereocenters. The number of hydrogen-bond acceptors (Lipinski definition) is 2. The van der Waals surface area contributed by atoms with Crippen molar-refractivity contribution in [1.82, 2.24) is 0 Å². The second-order valence-electron chi connectivity index (χ2n) is 4.57. The second-order valence-corrected chi connectivity index (χ2v) is 4.57. The van der Waals surface area contributed by atoms with Gasteiger partial charge < -0.3 is 5.73 Å². The lowest BCUT2D eigenvalue weighted by atomic mass is 9.93. The summed E-state index contributed by atoms with van der Waals surface area (Å²) in [5.74, 6) is 0.516. The van der Waals surface area contributed by atoms with Crippen LogP contribution in [0.4, 0.5) is 0 Å². The van der Waals surface area contributed by atoms with E-state index in [0.717, 1.165) is 6.42 Å². The van der Waals surface area contributed by atoms with E-state index in [1.807, 2.05) is 0 Å². The molecule has 2 N–H and O–H groups in total. The zero-order valence-corrected chi connectivity index (χ0v) is 10.3. The van der Waals surface area contributed by atoms with Gasteiger partial charge in [-0.3, -0.25) is 0 Å². The van der Waals surface area contributed by atoms with Crippen LogP contribution in [0, 0.1) is 18.3 Å². The quantitative estimate of drug-likeness (QED) is 0.838. The predicted octanol–water partition coefficient (Wildman–Crippen LogP) is 3.42. The molecule has 0 aromatic heterocycles. The summed E-state index contributed by atoms with van der Waals surface area (Å²) in [6.45, 7) is 6.43. The van der Waals surface area contributed by atoms with Crippen molar-refractivity contribution < 1.29 is 0 Å². The SMILES string of the molecule is Cc1ccc(C(C)C)cc1C(N)CCC#N. The topological polar surface area (TPSA) is 49.8 Å². The van der Waals surface area contributed by atoms with E-state index in [1.165, 1.54) is 16.7 Å². The van der Waals surface area contributed by atoms with Gasteiger partial charge in [0.15, 0.2) is 0 Å². The van der Waals surface area contributed by atoms with E-state index in [-0.39, 0.29) is 6.04 Å². The molecule has 2 nitrogen and oxygen atoms in total. The highest BCUT2D eigenvalue weighted by atomic mass is 14.6. The minimum atomic E-state index is -0.0154. The average molecular weight is 216 g/mol. The van der Waals surface area contributed by atoms with Crippen molar-refractivity contribution in [1.29, 1.82) is 5.26 Å². The summed E-state index contributed by atoms with van der Waals surface area (Å²) in [4.78, 5) is 0. The third kappa shape index (κ3) is 3.08. The summed E-state index contributed by atoms with van der Waals surface area (Å²) in [5.41, 5.74) is 9.81. The Balaban J connectivity index is 2.93. The van der Waals surface area contributed by atoms with Crippen molar-refractivity contribution in [2.75, 3.05) is 0 Å². The van der Waals surface area contributed by atoms with Crippen LogP contribution in [0.25, 0.3) is 0 Å². The largest absolute Gasteiger partial charge is 0.324 e. The summed E-state index contributed by atoms with van der Waals surface area (Å²) in [7, 11) is 0. The Bertz CT molecular complexity index is 388. The van der Waals surface area contributed by atoms with Gasteiger partial charge in [-0.25, -0.2) is 0 Å². The molecule has 1 unspecified atom stereocenters. The van der Waals surface area contributed by atoms with Crippen LogP contribution in [0.15, 0.2) is 18.2 Å². The lowest BCUT2D eigenvalue weighted by Gasteiger charge is -2.16. The molecule has 0 amide bonds. The average Bonchev–Trinajstić information content (AvgIpc) is 2.26. The first-order chi connectivity index (χ1) is 7.56. The molecule has 0 aliphatic rings. The molecule has 0 saturated heterocycles. The van der Waals surface area contributed by atoms with Gasteiger partial charge in [-0.2, -0.15) is 5.26 Å². The van der Waals surface area contributed by atoms with E-state index in [1.54, 1.807) is 0 Å². The third-order valence-electron chi connectivity index (χ3n) is 2.94. The Morgan fingerprint density at radius 2 is 2.06 bits per heavy atom. The van der Waals surface area contributed by atoms with Crippen molar-refractivity contribution >= 4 is 0 Å². The van der Waals surface area contributed by atoms with Gasteiger partial charge in [0.2, 0.25) is 0 Å². The van der Waals surface area contributed by atoms with Crippen LogP contribution in [-0.4, -0.2) is 0 Å². The fourth-order valence-electron chi connectivity index (χ4n) is 1.79. The van der Waals surface area contributed by atoms with E-state index in [9.17, 15) is 0 Å². The van der Waals surface area contributed by atoms with E-state index >= 15 is 0 Å². The number of benzene rings is 1. The van der Waals surface area contributed by atoms with Crippen LogP contribution in [0.3, 0.4) is 0 Å². The lowest BCUT2D eigenvalue weighted by molar-refractivity contribution is 0.659. The maximum atomic E-state index is 8.57. The maximum absolute atomic E-state index is 8.57. The van der Waals surface area contributed by atoms with Gasteiger partial charge >= 0.3 is 0 Å². The Kier molecular flexibility index (Phi) is 4.52. The van der Waals surface area contributed by atoms with E-state index in [0.29, 0.717) is 12.3 Å². The fourth-order valence-corrected chi connectivity index (χ4v) is 1.79. The summed E-state index contributed by atoms with van der Waals surface area (Å²) in [6, 6.07) is 8.59. The van der Waals surface area contributed by atoms with Crippen molar-refractivity contribution in [3.05, 3.63) is 34.9 Å². The van der Waals surface area contributed by atoms with Gasteiger partial charge in [0.1, 0.15) is 0 Å². The number of rotatable bonds is 4. The smallest absolute Gasteiger partial charge is 0.0622 e. The molecule has 0 aliphatic carbocycles. The Hall–Kier alpha value is -1.33. The standard InChI is InChI=1S/C14H20N2/c1-10(2)12-7-6-11(3)13(9-12)14(16)5-4-8-15/h6-7,9-10,14H,4-5,16H2,1-3H3. The minimum Gasteiger partial charge on any atom is -0.324 e. The molecular formula is C14H20N2. The Labute approximate surface area is 98.1 Å². The van der Waals surface area contributed by atoms with Gasteiger partial charge in [-0.05, 0) is 36.0 Å². The van der Waals surface area contributed by atoms with Crippen molar-refractivity contribution in [2.45, 2.75) is 45.6 Å². The maximum Gasteiger partial charge on any atom is 0.0622 e. The number of nitriles is 1. The summed E-state index contributed by atoms with van der Waals surface area (Å²) in [5, 5.41) is 8.57. The van der Waals surface area contributed by atoms with Gasteiger partial charge in [-0.1, -0.05) is 32.0 Å². The zero-order valence-electron chi connectivity index (χ0n) is 10.3. The second kappa shape index (κ2) is 5.67. The molecule has 0 aliphatic heterocycles. The van der Waals surface area contributed by atoms with Crippen molar-refractivity contribution in [3.8, 4) is 6.07 Å². The molecule has 0 heterocycles. The lowest BCUT2D eigenvalue weighted by Crippen LogP contribution is -2.12. The van der Waals surface area contributed by atoms with Gasteiger partial charge in [0.25, 0.3) is 0 Å². The predicted molar refractivity (Wildman–Crippen MR) is 67.0 cm³/mol. The molecule has 86 valence electrons. The summed E-state index contributed by atoms with van der Waals surface area (Å²) >= 11 is 0. The summed E-state index contributed by atoms with van der Waals surface area (Å²) in [6.07, 6.45) is 1.26. The normalized spacial score (nSPS) is 12.5. The van der Waals surface area contributed by atoms with Crippen LogP contribution in [0.2, 0.25) is 0 Å². The highest BCUT2D eigenvalue weighted by Crippen LogP contribution is 2.24. The Morgan fingerprint density at radius 3 is 2.62 bits per heavy atom. The summed E-state index contributed by atoms with van der Waals surface area (Å²) < 4.78 is 0. The van der Waals surface area contributed by atoms with E-state index < -0.39 is 0 Å². The molecule has 0 fully saturated rings. The van der Waals surface area contributed by atoms with Gasteiger partial charge in [0, 0.05) is 12.5 Å². The number of nitrogens with two attached hydrogens (primary N) is 1. The number of hydrogen-bond donors (Lipinski definition) is 1. The first-order valence-corrected chi connectivity index (χ1v) is 5.79.